The number of hydrogen-bond acceptors (Lipinski definition) is 10. The van der Waals surface area contributed by atoms with Gasteiger partial charge in [-0.3, -0.25) is 14.9 Å². The van der Waals surface area contributed by atoms with Gasteiger partial charge in [-0.25, -0.2) is 4.39 Å². The molecule has 0 aliphatic heterocycles. The number of nitrogens with zero attached hydrogens (tertiary/aromatic N) is 3. The molecule has 31 heavy (non-hydrogen) atoms. The number of ketones is 1. The van der Waals surface area contributed by atoms with Crippen molar-refractivity contribution >= 4 is 22.8 Å². The lowest BCUT2D eigenvalue weighted by atomic mass is 9.96. The van der Waals surface area contributed by atoms with Gasteiger partial charge in [0.25, 0.3) is 5.89 Å². The van der Waals surface area contributed by atoms with Crippen LogP contribution < -0.4 is 0 Å². The van der Waals surface area contributed by atoms with E-state index in [1.165, 1.54) is 28.8 Å². The third-order valence-corrected chi connectivity index (χ3v) is 4.99. The summed E-state index contributed by atoms with van der Waals surface area (Å²) < 4.78 is 18.4. The first-order chi connectivity index (χ1) is 14.8. The van der Waals surface area contributed by atoms with Crippen molar-refractivity contribution in [3.63, 3.8) is 0 Å². The number of nitro benzene ring substituents is 1. The van der Waals surface area contributed by atoms with Crippen LogP contribution in [0.4, 0.5) is 10.1 Å². The highest BCUT2D eigenvalue weighted by atomic mass is 32.1. The molecule has 0 aliphatic carbocycles. The lowest BCUT2D eigenvalue weighted by Gasteiger charge is -2.09. The second kappa shape index (κ2) is 7.50. The number of phenols is 3. The average molecular weight is 443 g/mol. The van der Waals surface area contributed by atoms with Gasteiger partial charge in [-0.15, -0.1) is 0 Å². The van der Waals surface area contributed by atoms with Crippen LogP contribution >= 0.6 is 11.3 Å². The molecule has 0 saturated heterocycles. The molecule has 0 unspecified atom stereocenters. The second-order valence-electron chi connectivity index (χ2n) is 6.20. The largest absolute Gasteiger partial charge is 0.505 e. The summed E-state index contributed by atoms with van der Waals surface area (Å²) in [5.41, 5.74) is -1.59. The number of thiophene rings is 1. The summed E-state index contributed by atoms with van der Waals surface area (Å²) >= 11 is 1.18. The van der Waals surface area contributed by atoms with E-state index in [-0.39, 0.29) is 28.4 Å². The van der Waals surface area contributed by atoms with Crippen molar-refractivity contribution < 1.29 is 34.0 Å². The lowest BCUT2D eigenvalue weighted by Crippen LogP contribution is -2.07. The predicted octanol–water partition coefficient (Wildman–Crippen LogP) is 3.86. The van der Waals surface area contributed by atoms with E-state index in [2.05, 4.69) is 10.1 Å². The Kier molecular flexibility index (Phi) is 4.83. The van der Waals surface area contributed by atoms with E-state index in [0.29, 0.717) is 0 Å². The molecule has 3 N–H and O–H groups in total. The number of nitro groups is 1. The van der Waals surface area contributed by atoms with Gasteiger partial charge in [0.2, 0.25) is 17.4 Å². The highest BCUT2D eigenvalue weighted by Crippen LogP contribution is 2.44. The Bertz CT molecular complexity index is 1330. The molecule has 12 heteroatoms. The van der Waals surface area contributed by atoms with Crippen LogP contribution in [0.5, 0.6) is 17.2 Å². The monoisotopic (exact) mass is 443 g/mol. The molecule has 0 bridgehead atoms. The van der Waals surface area contributed by atoms with Crippen LogP contribution in [0.2, 0.25) is 0 Å². The maximum absolute atomic E-state index is 13.3. The van der Waals surface area contributed by atoms with Crippen LogP contribution in [0.25, 0.3) is 22.8 Å². The first-order valence-electron chi connectivity index (χ1n) is 8.41. The van der Waals surface area contributed by atoms with Crippen molar-refractivity contribution in [3.05, 3.63) is 68.2 Å². The summed E-state index contributed by atoms with van der Waals surface area (Å²) in [5.74, 6) is -4.79. The molecular formula is C19H10FN3O7S. The van der Waals surface area contributed by atoms with E-state index in [4.69, 9.17) is 4.52 Å². The van der Waals surface area contributed by atoms with E-state index in [9.17, 15) is 34.6 Å². The molecule has 0 amide bonds. The number of hydrogen-bond donors (Lipinski definition) is 3. The molecule has 4 rings (SSSR count). The molecule has 2 aromatic carbocycles. The number of benzene rings is 2. The molecule has 156 valence electrons. The van der Waals surface area contributed by atoms with Gasteiger partial charge in [0.15, 0.2) is 17.3 Å². The van der Waals surface area contributed by atoms with Crippen LogP contribution in [-0.4, -0.2) is 36.2 Å². The number of carbonyl (C=O) groups is 1. The fourth-order valence-electron chi connectivity index (χ4n) is 2.86. The first-order valence-corrected chi connectivity index (χ1v) is 9.35. The third-order valence-electron chi connectivity index (χ3n) is 4.31. The standard InChI is InChI=1S/C19H10FN3O7S/c20-11-2-1-8(5-12(11)24)18-21-19(30-22-18)10-6-13(25)17(27)15(23(28)29)14(10)16(26)9-3-4-31-7-9/h1-7,24-25,27H. The van der Waals surface area contributed by atoms with Gasteiger partial charge in [0.05, 0.1) is 10.5 Å². The van der Waals surface area contributed by atoms with Gasteiger partial charge in [0, 0.05) is 16.5 Å². The lowest BCUT2D eigenvalue weighted by molar-refractivity contribution is -0.386. The molecule has 0 saturated carbocycles. The molecule has 4 aromatic rings. The van der Waals surface area contributed by atoms with Gasteiger partial charge in [-0.1, -0.05) is 5.16 Å². The van der Waals surface area contributed by atoms with E-state index < -0.39 is 45.0 Å². The molecule has 2 heterocycles. The fourth-order valence-corrected chi connectivity index (χ4v) is 3.50. The van der Waals surface area contributed by atoms with Gasteiger partial charge in [-0.05, 0) is 35.7 Å². The van der Waals surface area contributed by atoms with E-state index >= 15 is 0 Å². The Morgan fingerprint density at radius 1 is 1.16 bits per heavy atom. The van der Waals surface area contributed by atoms with Crippen molar-refractivity contribution in [2.75, 3.05) is 0 Å². The Morgan fingerprint density at radius 3 is 2.58 bits per heavy atom. The van der Waals surface area contributed by atoms with Crippen molar-refractivity contribution in [3.8, 4) is 40.1 Å². The Labute approximate surface area is 175 Å². The van der Waals surface area contributed by atoms with Crippen molar-refractivity contribution in [2.24, 2.45) is 0 Å². The van der Waals surface area contributed by atoms with Gasteiger partial charge in [0.1, 0.15) is 5.56 Å². The Balaban J connectivity index is 1.93. The zero-order valence-corrected chi connectivity index (χ0v) is 16.0. The Morgan fingerprint density at radius 2 is 1.94 bits per heavy atom. The van der Waals surface area contributed by atoms with Crippen LogP contribution in [-0.2, 0) is 0 Å². The number of halogens is 1. The summed E-state index contributed by atoms with van der Waals surface area (Å²) in [6.45, 7) is 0. The molecule has 0 radical (unpaired) electrons. The van der Waals surface area contributed by atoms with Crippen LogP contribution in [0, 0.1) is 15.9 Å². The van der Waals surface area contributed by atoms with Gasteiger partial charge in [-0.2, -0.15) is 16.3 Å². The van der Waals surface area contributed by atoms with Crippen LogP contribution in [0.3, 0.4) is 0 Å². The highest BCUT2D eigenvalue weighted by molar-refractivity contribution is 7.08. The maximum Gasteiger partial charge on any atom is 0.326 e. The number of aromatic hydroxyl groups is 3. The summed E-state index contributed by atoms with van der Waals surface area (Å²) in [5, 5.41) is 47.9. The summed E-state index contributed by atoms with van der Waals surface area (Å²) in [4.78, 5) is 27.6. The minimum atomic E-state index is -1.09. The molecular weight excluding hydrogens is 433 g/mol. The van der Waals surface area contributed by atoms with E-state index in [1.807, 2.05) is 0 Å². The topological polar surface area (TPSA) is 160 Å². The van der Waals surface area contributed by atoms with E-state index in [0.717, 1.165) is 18.2 Å². The highest BCUT2D eigenvalue weighted by Gasteiger charge is 2.34. The zero-order valence-electron chi connectivity index (χ0n) is 15.1. The average Bonchev–Trinajstić information content (AvgIpc) is 3.43. The van der Waals surface area contributed by atoms with Gasteiger partial charge < -0.3 is 19.8 Å². The minimum Gasteiger partial charge on any atom is -0.505 e. The summed E-state index contributed by atoms with van der Waals surface area (Å²) in [6, 6.07) is 5.60. The number of phenolic OH excluding ortho intramolecular Hbond substituents is 3. The zero-order chi connectivity index (χ0) is 22.3. The van der Waals surface area contributed by atoms with E-state index in [1.54, 1.807) is 5.38 Å². The van der Waals surface area contributed by atoms with Crippen LogP contribution in [0.1, 0.15) is 15.9 Å². The minimum absolute atomic E-state index is 0.114. The normalized spacial score (nSPS) is 10.9. The van der Waals surface area contributed by atoms with Crippen LogP contribution in [0.15, 0.2) is 45.6 Å². The number of carbonyl (C=O) groups excluding carboxylic acids is 1. The molecule has 10 nitrogen and oxygen atoms in total. The maximum atomic E-state index is 13.3. The first kappa shape index (κ1) is 20.0. The fraction of sp³-hybridized carbons (Fsp3) is 0. The number of rotatable bonds is 5. The van der Waals surface area contributed by atoms with Crippen molar-refractivity contribution in [2.45, 2.75) is 0 Å². The summed E-state index contributed by atoms with van der Waals surface area (Å²) in [7, 11) is 0. The second-order valence-corrected chi connectivity index (χ2v) is 6.98. The van der Waals surface area contributed by atoms with Gasteiger partial charge >= 0.3 is 5.69 Å². The quantitative estimate of drug-likeness (QED) is 0.180. The third kappa shape index (κ3) is 3.44. The van der Waals surface area contributed by atoms with Crippen molar-refractivity contribution in [1.29, 1.82) is 0 Å². The molecule has 0 fully saturated rings. The van der Waals surface area contributed by atoms with Crippen molar-refractivity contribution in [1.82, 2.24) is 10.1 Å². The Hall–Kier alpha value is -4.32. The summed E-state index contributed by atoms with van der Waals surface area (Å²) in [6.07, 6.45) is 0. The predicted molar refractivity (Wildman–Crippen MR) is 105 cm³/mol. The SMILES string of the molecule is O=C(c1ccsc1)c1c(-c2nc(-c3ccc(F)c(O)c3)no2)cc(O)c(O)c1[N+](=O)[O-]. The molecule has 0 aliphatic rings. The smallest absolute Gasteiger partial charge is 0.326 e. The molecule has 0 atom stereocenters. The molecule has 0 spiro atoms. The number of aromatic nitrogens is 2. The molecule has 2 aromatic heterocycles.